The van der Waals surface area contributed by atoms with Crippen molar-refractivity contribution >= 4 is 23.2 Å². The van der Waals surface area contributed by atoms with E-state index in [1.807, 2.05) is 88.4 Å². The molecule has 4 rings (SSSR count). The number of hydrogen-bond donors (Lipinski definition) is 2. The molecule has 3 aromatic rings. The van der Waals surface area contributed by atoms with Gasteiger partial charge in [-0.25, -0.2) is 0 Å². The first-order valence-corrected chi connectivity index (χ1v) is 12.6. The zero-order valence-electron chi connectivity index (χ0n) is 21.7. The van der Waals surface area contributed by atoms with Crippen LogP contribution in [0.3, 0.4) is 0 Å². The number of benzene rings is 3. The molecule has 6 nitrogen and oxygen atoms in total. The van der Waals surface area contributed by atoms with Gasteiger partial charge < -0.3 is 10.6 Å². The Morgan fingerprint density at radius 3 is 2.22 bits per heavy atom. The van der Waals surface area contributed by atoms with E-state index in [2.05, 4.69) is 26.5 Å². The Kier molecular flexibility index (Phi) is 8.18. The fraction of sp³-hybridized carbons (Fsp3) is 0.333. The molecule has 1 aliphatic rings. The van der Waals surface area contributed by atoms with Crippen LogP contribution in [-0.2, 0) is 9.59 Å². The van der Waals surface area contributed by atoms with Crippen molar-refractivity contribution in [2.75, 3.05) is 43.4 Å². The first-order chi connectivity index (χ1) is 17.3. The van der Waals surface area contributed by atoms with Gasteiger partial charge in [0.15, 0.2) is 0 Å². The smallest absolute Gasteiger partial charge is 0.246 e. The van der Waals surface area contributed by atoms with Crippen LogP contribution in [-0.4, -0.2) is 54.3 Å². The number of nitrogens with zero attached hydrogens (tertiary/aromatic N) is 2. The van der Waals surface area contributed by atoms with Gasteiger partial charge in [-0.05, 0) is 67.6 Å². The maximum Gasteiger partial charge on any atom is 0.246 e. The van der Waals surface area contributed by atoms with Crippen LogP contribution in [0, 0.1) is 27.7 Å². The SMILES string of the molecule is Cc1ccc(C)c(NC(=O)C(c2ccccc2)N2CCN(CC(=O)Nc3cccc(C)c3C)CC2)c1. The Labute approximate surface area is 214 Å². The molecule has 2 amide bonds. The summed E-state index contributed by atoms with van der Waals surface area (Å²) in [6, 6.07) is 21.6. The molecule has 2 N–H and O–H groups in total. The molecule has 0 saturated carbocycles. The Morgan fingerprint density at radius 1 is 0.778 bits per heavy atom. The summed E-state index contributed by atoms with van der Waals surface area (Å²) in [5.41, 5.74) is 7.10. The van der Waals surface area contributed by atoms with Crippen LogP contribution >= 0.6 is 0 Å². The van der Waals surface area contributed by atoms with E-state index in [1.54, 1.807) is 0 Å². The van der Waals surface area contributed by atoms with Crippen LogP contribution in [0.2, 0.25) is 0 Å². The molecule has 0 aromatic heterocycles. The Morgan fingerprint density at radius 2 is 1.50 bits per heavy atom. The number of anilines is 2. The Hall–Kier alpha value is -3.48. The minimum atomic E-state index is -0.392. The second-order valence-corrected chi connectivity index (χ2v) is 9.73. The predicted octanol–water partition coefficient (Wildman–Crippen LogP) is 4.86. The lowest BCUT2D eigenvalue weighted by Crippen LogP contribution is -2.51. The molecule has 1 unspecified atom stereocenters. The fourth-order valence-electron chi connectivity index (χ4n) is 4.69. The normalized spacial score (nSPS) is 15.3. The summed E-state index contributed by atoms with van der Waals surface area (Å²) in [5.74, 6) is -0.0413. The molecule has 1 aliphatic heterocycles. The molecule has 1 saturated heterocycles. The van der Waals surface area contributed by atoms with Crippen molar-refractivity contribution in [3.8, 4) is 0 Å². The van der Waals surface area contributed by atoms with Crippen LogP contribution in [0.5, 0.6) is 0 Å². The van der Waals surface area contributed by atoms with E-state index in [-0.39, 0.29) is 11.8 Å². The van der Waals surface area contributed by atoms with Crippen molar-refractivity contribution in [2.24, 2.45) is 0 Å². The van der Waals surface area contributed by atoms with E-state index >= 15 is 0 Å². The van der Waals surface area contributed by atoms with Gasteiger partial charge in [-0.2, -0.15) is 0 Å². The second-order valence-electron chi connectivity index (χ2n) is 9.73. The van der Waals surface area contributed by atoms with Gasteiger partial charge in [-0.15, -0.1) is 0 Å². The topological polar surface area (TPSA) is 64.7 Å². The summed E-state index contributed by atoms with van der Waals surface area (Å²) >= 11 is 0. The number of aryl methyl sites for hydroxylation is 3. The van der Waals surface area contributed by atoms with Crippen LogP contribution in [0.1, 0.15) is 33.9 Å². The van der Waals surface area contributed by atoms with Crippen molar-refractivity contribution < 1.29 is 9.59 Å². The summed E-state index contributed by atoms with van der Waals surface area (Å²) < 4.78 is 0. The minimum absolute atomic E-state index is 0.00979. The summed E-state index contributed by atoms with van der Waals surface area (Å²) in [5, 5.41) is 6.22. The van der Waals surface area contributed by atoms with Gasteiger partial charge in [-0.1, -0.05) is 54.6 Å². The Bertz CT molecular complexity index is 1220. The van der Waals surface area contributed by atoms with E-state index in [9.17, 15) is 9.59 Å². The van der Waals surface area contributed by atoms with Gasteiger partial charge in [0.05, 0.1) is 6.54 Å². The van der Waals surface area contributed by atoms with E-state index in [1.165, 1.54) is 0 Å². The highest BCUT2D eigenvalue weighted by atomic mass is 16.2. The molecule has 36 heavy (non-hydrogen) atoms. The standard InChI is InChI=1S/C30H36N4O2/c1-21-13-14-23(3)27(19-21)32-30(36)29(25-10-6-5-7-11-25)34-17-15-33(16-18-34)20-28(35)31-26-12-8-9-22(2)24(26)4/h5-14,19,29H,15-18,20H2,1-4H3,(H,31,35)(H,32,36). The highest BCUT2D eigenvalue weighted by Crippen LogP contribution is 2.26. The van der Waals surface area contributed by atoms with Crippen molar-refractivity contribution in [3.05, 3.63) is 94.5 Å². The summed E-state index contributed by atoms with van der Waals surface area (Å²) in [7, 11) is 0. The van der Waals surface area contributed by atoms with Crippen molar-refractivity contribution in [2.45, 2.75) is 33.7 Å². The first-order valence-electron chi connectivity index (χ1n) is 12.6. The van der Waals surface area contributed by atoms with Crippen molar-refractivity contribution in [1.82, 2.24) is 9.80 Å². The fourth-order valence-corrected chi connectivity index (χ4v) is 4.69. The average molecular weight is 485 g/mol. The largest absolute Gasteiger partial charge is 0.325 e. The van der Waals surface area contributed by atoms with E-state index in [0.717, 1.165) is 52.3 Å². The number of amides is 2. The Balaban J connectivity index is 1.41. The molecule has 0 spiro atoms. The highest BCUT2D eigenvalue weighted by Gasteiger charge is 2.31. The van der Waals surface area contributed by atoms with Gasteiger partial charge in [-0.3, -0.25) is 19.4 Å². The number of nitrogens with one attached hydrogen (secondary N) is 2. The summed E-state index contributed by atoms with van der Waals surface area (Å²) in [6.45, 7) is 11.3. The van der Waals surface area contributed by atoms with Crippen LogP contribution < -0.4 is 10.6 Å². The summed E-state index contributed by atoms with van der Waals surface area (Å²) in [4.78, 5) is 30.7. The molecule has 1 fully saturated rings. The van der Waals surface area contributed by atoms with Gasteiger partial charge in [0.2, 0.25) is 11.8 Å². The third-order valence-electron chi connectivity index (χ3n) is 7.03. The average Bonchev–Trinajstić information content (AvgIpc) is 2.86. The molecule has 0 aliphatic carbocycles. The molecular formula is C30H36N4O2. The maximum atomic E-state index is 13.6. The molecule has 188 valence electrons. The third kappa shape index (κ3) is 6.20. The molecular weight excluding hydrogens is 448 g/mol. The number of hydrogen-bond acceptors (Lipinski definition) is 4. The zero-order valence-corrected chi connectivity index (χ0v) is 21.7. The molecule has 3 aromatic carbocycles. The molecule has 1 heterocycles. The van der Waals surface area contributed by atoms with Gasteiger partial charge in [0, 0.05) is 37.6 Å². The number of piperazine rings is 1. The van der Waals surface area contributed by atoms with Crippen LogP contribution in [0.25, 0.3) is 0 Å². The number of carbonyl (C=O) groups excluding carboxylic acids is 2. The monoisotopic (exact) mass is 484 g/mol. The van der Waals surface area contributed by atoms with Gasteiger partial charge >= 0.3 is 0 Å². The lowest BCUT2D eigenvalue weighted by molar-refractivity contribution is -0.123. The van der Waals surface area contributed by atoms with Crippen LogP contribution in [0.4, 0.5) is 11.4 Å². The van der Waals surface area contributed by atoms with E-state index in [0.29, 0.717) is 19.6 Å². The zero-order chi connectivity index (χ0) is 25.7. The van der Waals surface area contributed by atoms with Gasteiger partial charge in [0.25, 0.3) is 0 Å². The number of carbonyl (C=O) groups is 2. The van der Waals surface area contributed by atoms with Crippen LogP contribution in [0.15, 0.2) is 66.7 Å². The van der Waals surface area contributed by atoms with Crippen molar-refractivity contribution in [3.63, 3.8) is 0 Å². The quantitative estimate of drug-likeness (QED) is 0.503. The first kappa shape index (κ1) is 25.6. The van der Waals surface area contributed by atoms with E-state index < -0.39 is 6.04 Å². The van der Waals surface area contributed by atoms with Gasteiger partial charge in [0.1, 0.15) is 6.04 Å². The molecule has 0 radical (unpaired) electrons. The molecule has 0 bridgehead atoms. The predicted molar refractivity (Wildman–Crippen MR) is 146 cm³/mol. The van der Waals surface area contributed by atoms with Crippen molar-refractivity contribution in [1.29, 1.82) is 0 Å². The van der Waals surface area contributed by atoms with E-state index in [4.69, 9.17) is 0 Å². The molecule has 6 heteroatoms. The number of rotatable bonds is 7. The third-order valence-corrected chi connectivity index (χ3v) is 7.03. The lowest BCUT2D eigenvalue weighted by Gasteiger charge is -2.38. The maximum absolute atomic E-state index is 13.6. The summed E-state index contributed by atoms with van der Waals surface area (Å²) in [6.07, 6.45) is 0. The minimum Gasteiger partial charge on any atom is -0.325 e. The second kappa shape index (κ2) is 11.5. The lowest BCUT2D eigenvalue weighted by atomic mass is 10.0. The highest BCUT2D eigenvalue weighted by molar-refractivity contribution is 5.96. The molecule has 1 atom stereocenters.